The fourth-order valence-electron chi connectivity index (χ4n) is 2.59. The van der Waals surface area contributed by atoms with Gasteiger partial charge in [-0.2, -0.15) is 5.21 Å². The molecular weight excluding hydrogens is 268 g/mol. The summed E-state index contributed by atoms with van der Waals surface area (Å²) in [7, 11) is 0. The van der Waals surface area contributed by atoms with Crippen LogP contribution in [0.1, 0.15) is 19.3 Å². The van der Waals surface area contributed by atoms with E-state index in [4.69, 9.17) is 0 Å². The van der Waals surface area contributed by atoms with E-state index in [1.165, 1.54) is 0 Å². The maximum absolute atomic E-state index is 12.1. The van der Waals surface area contributed by atoms with Gasteiger partial charge in [0.25, 0.3) is 0 Å². The number of amides is 1. The van der Waals surface area contributed by atoms with E-state index in [0.29, 0.717) is 18.2 Å². The third-order valence-electron chi connectivity index (χ3n) is 3.62. The summed E-state index contributed by atoms with van der Waals surface area (Å²) in [5.41, 5.74) is 1.58. The van der Waals surface area contributed by atoms with Crippen LogP contribution in [0.3, 0.4) is 0 Å². The molecule has 3 rings (SSSR count). The normalized spacial score (nSPS) is 18.4. The van der Waals surface area contributed by atoms with E-state index >= 15 is 0 Å². The quantitative estimate of drug-likeness (QED) is 0.784. The van der Waals surface area contributed by atoms with Gasteiger partial charge in [0, 0.05) is 17.7 Å². The van der Waals surface area contributed by atoms with Crippen LogP contribution in [-0.4, -0.2) is 39.6 Å². The molecule has 7 heteroatoms. The van der Waals surface area contributed by atoms with E-state index in [2.05, 4.69) is 31.3 Å². The van der Waals surface area contributed by atoms with Crippen molar-refractivity contribution in [1.82, 2.24) is 25.9 Å². The lowest BCUT2D eigenvalue weighted by Gasteiger charge is -2.22. The topological polar surface area (TPSA) is 95.6 Å². The molecule has 0 bridgehead atoms. The van der Waals surface area contributed by atoms with Crippen LogP contribution in [0.2, 0.25) is 0 Å². The first-order chi connectivity index (χ1) is 10.3. The van der Waals surface area contributed by atoms with Crippen molar-refractivity contribution in [3.63, 3.8) is 0 Å². The van der Waals surface area contributed by atoms with Crippen LogP contribution in [0.25, 0.3) is 11.4 Å². The zero-order valence-corrected chi connectivity index (χ0v) is 11.7. The van der Waals surface area contributed by atoms with Crippen LogP contribution in [0.4, 0.5) is 5.69 Å². The van der Waals surface area contributed by atoms with Crippen LogP contribution in [0, 0.1) is 5.92 Å². The Bertz CT molecular complexity index is 591. The molecule has 1 aliphatic heterocycles. The molecule has 1 aliphatic rings. The Kier molecular flexibility index (Phi) is 4.20. The monoisotopic (exact) mass is 286 g/mol. The van der Waals surface area contributed by atoms with E-state index in [1.54, 1.807) is 0 Å². The SMILES string of the molecule is O=C(CC1CCCNC1)Nc1cccc(-c2nn[nH]n2)c1. The van der Waals surface area contributed by atoms with E-state index in [0.717, 1.165) is 37.2 Å². The average molecular weight is 286 g/mol. The molecule has 21 heavy (non-hydrogen) atoms. The van der Waals surface area contributed by atoms with Gasteiger partial charge >= 0.3 is 0 Å². The molecule has 7 nitrogen and oxygen atoms in total. The number of hydrogen-bond acceptors (Lipinski definition) is 5. The van der Waals surface area contributed by atoms with Crippen molar-refractivity contribution in [3.8, 4) is 11.4 Å². The number of carbonyl (C=O) groups excluding carboxylic acids is 1. The van der Waals surface area contributed by atoms with Gasteiger partial charge in [-0.05, 0) is 49.2 Å². The van der Waals surface area contributed by atoms with E-state index in [9.17, 15) is 4.79 Å². The molecule has 0 saturated carbocycles. The number of carbonyl (C=O) groups is 1. The van der Waals surface area contributed by atoms with Crippen molar-refractivity contribution in [3.05, 3.63) is 24.3 Å². The number of piperidine rings is 1. The largest absolute Gasteiger partial charge is 0.326 e. The van der Waals surface area contributed by atoms with Crippen LogP contribution in [0.5, 0.6) is 0 Å². The molecule has 0 aliphatic carbocycles. The minimum absolute atomic E-state index is 0.0500. The molecule has 110 valence electrons. The number of aromatic amines is 1. The highest BCUT2D eigenvalue weighted by Crippen LogP contribution is 2.20. The second-order valence-electron chi connectivity index (χ2n) is 5.28. The number of anilines is 1. The Labute approximate surface area is 122 Å². The number of nitrogens with zero attached hydrogens (tertiary/aromatic N) is 3. The lowest BCUT2D eigenvalue weighted by atomic mass is 9.96. The Morgan fingerprint density at radius 1 is 1.43 bits per heavy atom. The second kappa shape index (κ2) is 6.45. The van der Waals surface area contributed by atoms with Gasteiger partial charge in [0.15, 0.2) is 0 Å². The van der Waals surface area contributed by atoms with Gasteiger partial charge in [0.05, 0.1) is 0 Å². The maximum Gasteiger partial charge on any atom is 0.224 e. The van der Waals surface area contributed by atoms with E-state index in [-0.39, 0.29) is 5.91 Å². The predicted molar refractivity (Wildman–Crippen MR) is 78.5 cm³/mol. The van der Waals surface area contributed by atoms with Crippen molar-refractivity contribution >= 4 is 11.6 Å². The number of tetrazole rings is 1. The molecule has 1 amide bonds. The van der Waals surface area contributed by atoms with Crippen molar-refractivity contribution in [1.29, 1.82) is 0 Å². The zero-order valence-electron chi connectivity index (χ0n) is 11.7. The summed E-state index contributed by atoms with van der Waals surface area (Å²) in [6.45, 7) is 1.99. The maximum atomic E-state index is 12.1. The minimum Gasteiger partial charge on any atom is -0.326 e. The van der Waals surface area contributed by atoms with Crippen molar-refractivity contribution in [2.45, 2.75) is 19.3 Å². The minimum atomic E-state index is 0.0500. The summed E-state index contributed by atoms with van der Waals surface area (Å²) < 4.78 is 0. The van der Waals surface area contributed by atoms with Gasteiger partial charge < -0.3 is 10.6 Å². The Morgan fingerprint density at radius 3 is 3.14 bits per heavy atom. The first kappa shape index (κ1) is 13.7. The number of hydrogen-bond donors (Lipinski definition) is 3. The molecule has 0 radical (unpaired) electrons. The van der Waals surface area contributed by atoms with Gasteiger partial charge in [-0.3, -0.25) is 4.79 Å². The van der Waals surface area contributed by atoms with E-state index in [1.807, 2.05) is 24.3 Å². The van der Waals surface area contributed by atoms with Crippen molar-refractivity contribution in [2.75, 3.05) is 18.4 Å². The predicted octanol–water partition coefficient (Wildman–Crippen LogP) is 1.19. The summed E-state index contributed by atoms with van der Waals surface area (Å²) in [6, 6.07) is 7.46. The summed E-state index contributed by atoms with van der Waals surface area (Å²) in [5.74, 6) is 0.996. The number of aromatic nitrogens is 4. The standard InChI is InChI=1S/C14H18N6O/c21-13(7-10-3-2-6-15-9-10)16-12-5-1-4-11(8-12)14-17-19-20-18-14/h1,4-5,8,10,15H,2-3,6-7,9H2,(H,16,21)(H,17,18,19,20). The Balaban J connectivity index is 1.62. The van der Waals surface area contributed by atoms with E-state index < -0.39 is 0 Å². The lowest BCUT2D eigenvalue weighted by Crippen LogP contribution is -2.32. The molecule has 2 heterocycles. The first-order valence-electron chi connectivity index (χ1n) is 7.16. The average Bonchev–Trinajstić information content (AvgIpc) is 3.02. The Hall–Kier alpha value is -2.28. The third kappa shape index (κ3) is 3.63. The molecule has 1 aromatic carbocycles. The second-order valence-corrected chi connectivity index (χ2v) is 5.28. The summed E-state index contributed by atoms with van der Waals surface area (Å²) in [5, 5.41) is 20.1. The molecule has 1 fully saturated rings. The highest BCUT2D eigenvalue weighted by atomic mass is 16.1. The van der Waals surface area contributed by atoms with Crippen molar-refractivity contribution in [2.24, 2.45) is 5.92 Å². The fourth-order valence-corrected chi connectivity index (χ4v) is 2.59. The van der Waals surface area contributed by atoms with Crippen LogP contribution < -0.4 is 10.6 Å². The number of rotatable bonds is 4. The number of H-pyrrole nitrogens is 1. The molecule has 1 unspecified atom stereocenters. The summed E-state index contributed by atoms with van der Waals surface area (Å²) >= 11 is 0. The molecule has 1 aromatic heterocycles. The summed E-state index contributed by atoms with van der Waals surface area (Å²) in [4.78, 5) is 12.1. The highest BCUT2D eigenvalue weighted by Gasteiger charge is 2.16. The van der Waals surface area contributed by atoms with Crippen LogP contribution in [0.15, 0.2) is 24.3 Å². The van der Waals surface area contributed by atoms with Gasteiger partial charge in [-0.1, -0.05) is 12.1 Å². The number of benzene rings is 1. The first-order valence-corrected chi connectivity index (χ1v) is 7.16. The van der Waals surface area contributed by atoms with Gasteiger partial charge in [-0.15, -0.1) is 10.2 Å². The van der Waals surface area contributed by atoms with Gasteiger partial charge in [0.2, 0.25) is 11.7 Å². The van der Waals surface area contributed by atoms with Crippen LogP contribution in [-0.2, 0) is 4.79 Å². The van der Waals surface area contributed by atoms with Gasteiger partial charge in [0.1, 0.15) is 0 Å². The molecule has 1 saturated heterocycles. The fraction of sp³-hybridized carbons (Fsp3) is 0.429. The van der Waals surface area contributed by atoms with Crippen LogP contribution >= 0.6 is 0 Å². The molecule has 2 aromatic rings. The van der Waals surface area contributed by atoms with Gasteiger partial charge in [-0.25, -0.2) is 0 Å². The molecule has 1 atom stereocenters. The third-order valence-corrected chi connectivity index (χ3v) is 3.62. The number of nitrogens with one attached hydrogen (secondary N) is 3. The molecular formula is C14H18N6O. The summed E-state index contributed by atoms with van der Waals surface area (Å²) in [6.07, 6.45) is 2.81. The highest BCUT2D eigenvalue weighted by molar-refractivity contribution is 5.91. The lowest BCUT2D eigenvalue weighted by molar-refractivity contribution is -0.117. The molecule has 3 N–H and O–H groups in total. The Morgan fingerprint density at radius 2 is 2.38 bits per heavy atom. The zero-order chi connectivity index (χ0) is 14.5. The molecule has 0 spiro atoms. The van der Waals surface area contributed by atoms with Crippen molar-refractivity contribution < 1.29 is 4.79 Å². The smallest absolute Gasteiger partial charge is 0.224 e.